The fourth-order valence-electron chi connectivity index (χ4n) is 0.944. The third-order valence-electron chi connectivity index (χ3n) is 1.75. The van der Waals surface area contributed by atoms with Gasteiger partial charge in [0.1, 0.15) is 6.61 Å². The Hall–Kier alpha value is -0.770. The van der Waals surface area contributed by atoms with Gasteiger partial charge in [0.15, 0.2) is 0 Å². The average molecular weight is 159 g/mol. The normalized spacial score (nSPS) is 24.0. The van der Waals surface area contributed by atoms with E-state index in [0.717, 1.165) is 0 Å². The molecule has 1 aliphatic heterocycles. The van der Waals surface area contributed by atoms with Gasteiger partial charge in [0, 0.05) is 13.7 Å². The van der Waals surface area contributed by atoms with Gasteiger partial charge >= 0.3 is 6.09 Å². The van der Waals surface area contributed by atoms with Crippen molar-refractivity contribution in [3.05, 3.63) is 0 Å². The maximum atomic E-state index is 10.8. The van der Waals surface area contributed by atoms with Crippen molar-refractivity contribution in [2.24, 2.45) is 0 Å². The summed E-state index contributed by atoms with van der Waals surface area (Å²) in [5, 5.41) is 0. The first-order valence-electron chi connectivity index (χ1n) is 3.73. The number of nitrogens with zero attached hydrogens (tertiary/aromatic N) is 1. The van der Waals surface area contributed by atoms with E-state index in [9.17, 15) is 4.79 Å². The molecule has 0 N–H and O–H groups in total. The van der Waals surface area contributed by atoms with E-state index in [1.807, 2.05) is 6.92 Å². The molecular weight excluding hydrogens is 146 g/mol. The third kappa shape index (κ3) is 1.83. The van der Waals surface area contributed by atoms with Crippen LogP contribution < -0.4 is 0 Å². The quantitative estimate of drug-likeness (QED) is 0.601. The van der Waals surface area contributed by atoms with Crippen LogP contribution in [0.3, 0.4) is 0 Å². The van der Waals surface area contributed by atoms with Crippen LogP contribution in [0.5, 0.6) is 0 Å². The van der Waals surface area contributed by atoms with Crippen LogP contribution in [-0.4, -0.2) is 43.9 Å². The molecule has 1 aliphatic rings. The fraction of sp³-hybridized carbons (Fsp3) is 0.857. The minimum Gasteiger partial charge on any atom is -0.447 e. The lowest BCUT2D eigenvalue weighted by Crippen LogP contribution is -2.33. The van der Waals surface area contributed by atoms with E-state index in [4.69, 9.17) is 9.47 Å². The van der Waals surface area contributed by atoms with Crippen molar-refractivity contribution >= 4 is 6.09 Å². The van der Waals surface area contributed by atoms with Crippen LogP contribution in [0.4, 0.5) is 4.79 Å². The largest absolute Gasteiger partial charge is 0.447 e. The molecule has 4 heteroatoms. The molecule has 0 aromatic heterocycles. The maximum absolute atomic E-state index is 10.8. The molecular formula is C7H13NO3. The van der Waals surface area contributed by atoms with Crippen molar-refractivity contribution in [1.29, 1.82) is 0 Å². The molecule has 1 rings (SSSR count). The molecule has 1 heterocycles. The van der Waals surface area contributed by atoms with Gasteiger partial charge < -0.3 is 14.4 Å². The van der Waals surface area contributed by atoms with Crippen molar-refractivity contribution in [2.45, 2.75) is 13.0 Å². The zero-order valence-electron chi connectivity index (χ0n) is 6.87. The van der Waals surface area contributed by atoms with Crippen molar-refractivity contribution in [1.82, 2.24) is 4.90 Å². The highest BCUT2D eigenvalue weighted by atomic mass is 16.6. The van der Waals surface area contributed by atoms with E-state index in [1.54, 1.807) is 11.9 Å². The van der Waals surface area contributed by atoms with E-state index in [1.165, 1.54) is 0 Å². The van der Waals surface area contributed by atoms with Crippen LogP contribution in [0.1, 0.15) is 6.92 Å². The molecule has 1 fully saturated rings. The van der Waals surface area contributed by atoms with Gasteiger partial charge in [-0.05, 0) is 6.92 Å². The van der Waals surface area contributed by atoms with Crippen molar-refractivity contribution in [2.75, 3.05) is 26.9 Å². The summed E-state index contributed by atoms with van der Waals surface area (Å²) in [7, 11) is 1.72. The van der Waals surface area contributed by atoms with Gasteiger partial charge in [-0.2, -0.15) is 0 Å². The van der Waals surface area contributed by atoms with Gasteiger partial charge in [0.05, 0.1) is 12.6 Å². The fourth-order valence-corrected chi connectivity index (χ4v) is 0.944. The van der Waals surface area contributed by atoms with E-state index >= 15 is 0 Å². The highest BCUT2D eigenvalue weighted by molar-refractivity contribution is 5.69. The molecule has 1 unspecified atom stereocenters. The predicted octanol–water partition coefficient (Wildman–Crippen LogP) is 0.474. The Bertz CT molecular complexity index is 149. The Labute approximate surface area is 66.1 Å². The Kier molecular flexibility index (Phi) is 2.70. The summed E-state index contributed by atoms with van der Waals surface area (Å²) in [6, 6.07) is 0.0995. The zero-order chi connectivity index (χ0) is 8.27. The summed E-state index contributed by atoms with van der Waals surface area (Å²) < 4.78 is 9.94. The maximum Gasteiger partial charge on any atom is 0.410 e. The molecule has 4 nitrogen and oxygen atoms in total. The Morgan fingerprint density at radius 2 is 2.55 bits per heavy atom. The second kappa shape index (κ2) is 3.57. The molecule has 0 aromatic carbocycles. The van der Waals surface area contributed by atoms with Crippen molar-refractivity contribution in [3.8, 4) is 0 Å². The summed E-state index contributed by atoms with van der Waals surface area (Å²) in [4.78, 5) is 12.4. The SMILES string of the molecule is CCOCC1COC(=O)N1C. The van der Waals surface area contributed by atoms with Crippen LogP contribution in [-0.2, 0) is 9.47 Å². The molecule has 64 valence electrons. The Morgan fingerprint density at radius 1 is 1.82 bits per heavy atom. The smallest absolute Gasteiger partial charge is 0.410 e. The Balaban J connectivity index is 2.30. The number of likely N-dealkylation sites (N-methyl/N-ethyl adjacent to an activating group) is 1. The molecule has 1 atom stereocenters. The molecule has 0 radical (unpaired) electrons. The third-order valence-corrected chi connectivity index (χ3v) is 1.75. The van der Waals surface area contributed by atoms with Crippen LogP contribution in [0, 0.1) is 0 Å². The highest BCUT2D eigenvalue weighted by Crippen LogP contribution is 2.09. The van der Waals surface area contributed by atoms with Gasteiger partial charge in [-0.15, -0.1) is 0 Å². The zero-order valence-corrected chi connectivity index (χ0v) is 6.87. The molecule has 0 bridgehead atoms. The van der Waals surface area contributed by atoms with Gasteiger partial charge in [-0.25, -0.2) is 4.79 Å². The van der Waals surface area contributed by atoms with Gasteiger partial charge in [0.2, 0.25) is 0 Å². The van der Waals surface area contributed by atoms with Crippen molar-refractivity contribution in [3.63, 3.8) is 0 Å². The summed E-state index contributed by atoms with van der Waals surface area (Å²) >= 11 is 0. The van der Waals surface area contributed by atoms with Crippen LogP contribution >= 0.6 is 0 Å². The minimum atomic E-state index is -0.255. The minimum absolute atomic E-state index is 0.0995. The summed E-state index contributed by atoms with van der Waals surface area (Å²) in [5.74, 6) is 0. The van der Waals surface area contributed by atoms with Crippen LogP contribution in [0.25, 0.3) is 0 Å². The summed E-state index contributed by atoms with van der Waals surface area (Å²) in [5.41, 5.74) is 0. The second-order valence-corrected chi connectivity index (χ2v) is 2.50. The number of carbonyl (C=O) groups is 1. The number of carbonyl (C=O) groups excluding carboxylic acids is 1. The van der Waals surface area contributed by atoms with E-state index in [2.05, 4.69) is 0 Å². The highest BCUT2D eigenvalue weighted by Gasteiger charge is 2.29. The number of rotatable bonds is 3. The number of ether oxygens (including phenoxy) is 2. The lowest BCUT2D eigenvalue weighted by molar-refractivity contribution is 0.102. The monoisotopic (exact) mass is 159 g/mol. The number of hydrogen-bond donors (Lipinski definition) is 0. The number of amides is 1. The van der Waals surface area contributed by atoms with E-state index in [-0.39, 0.29) is 12.1 Å². The molecule has 1 saturated heterocycles. The molecule has 0 aliphatic carbocycles. The standard InChI is InChI=1S/C7H13NO3/c1-3-10-4-6-5-11-7(9)8(6)2/h6H,3-5H2,1-2H3. The van der Waals surface area contributed by atoms with Gasteiger partial charge in [-0.3, -0.25) is 0 Å². The number of hydrogen-bond acceptors (Lipinski definition) is 3. The van der Waals surface area contributed by atoms with Gasteiger partial charge in [-0.1, -0.05) is 0 Å². The average Bonchev–Trinajstić information content (AvgIpc) is 2.31. The second-order valence-electron chi connectivity index (χ2n) is 2.50. The first-order chi connectivity index (χ1) is 5.25. The first kappa shape index (κ1) is 8.33. The molecule has 0 saturated carbocycles. The van der Waals surface area contributed by atoms with Crippen LogP contribution in [0.15, 0.2) is 0 Å². The lowest BCUT2D eigenvalue weighted by atomic mass is 10.3. The summed E-state index contributed by atoms with van der Waals surface area (Å²) in [6.45, 7) is 3.63. The first-order valence-corrected chi connectivity index (χ1v) is 3.73. The van der Waals surface area contributed by atoms with Crippen LogP contribution in [0.2, 0.25) is 0 Å². The molecule has 0 aromatic rings. The Morgan fingerprint density at radius 3 is 3.00 bits per heavy atom. The molecule has 11 heavy (non-hydrogen) atoms. The van der Waals surface area contributed by atoms with E-state index < -0.39 is 0 Å². The van der Waals surface area contributed by atoms with E-state index in [0.29, 0.717) is 19.8 Å². The van der Waals surface area contributed by atoms with Gasteiger partial charge in [0.25, 0.3) is 0 Å². The topological polar surface area (TPSA) is 38.8 Å². The molecule has 1 amide bonds. The number of cyclic esters (lactones) is 1. The lowest BCUT2D eigenvalue weighted by Gasteiger charge is -2.14. The summed E-state index contributed by atoms with van der Waals surface area (Å²) in [6.07, 6.45) is -0.255. The van der Waals surface area contributed by atoms with Crippen molar-refractivity contribution < 1.29 is 14.3 Å². The predicted molar refractivity (Wildman–Crippen MR) is 39.4 cm³/mol. The molecule has 0 spiro atoms.